The number of halogens is 2. The first kappa shape index (κ1) is 14.7. The van der Waals surface area contributed by atoms with Crippen molar-refractivity contribution in [2.45, 2.75) is 26.3 Å². The standard InChI is InChI=1S/C17H19F2N/c1-11-4-5-13(6-12(11)2)7-17(20-3)14-8-15(18)10-16(19)9-14/h4-6,8-10,17,20H,7H2,1-3H3. The molecule has 2 rings (SSSR count). The first-order valence-corrected chi connectivity index (χ1v) is 6.69. The maximum atomic E-state index is 13.3. The van der Waals surface area contributed by atoms with Crippen molar-refractivity contribution in [3.8, 4) is 0 Å². The highest BCUT2D eigenvalue weighted by molar-refractivity contribution is 5.32. The normalized spacial score (nSPS) is 12.4. The summed E-state index contributed by atoms with van der Waals surface area (Å²) in [5.41, 5.74) is 4.25. The predicted octanol–water partition coefficient (Wildman–Crippen LogP) is 4.08. The molecule has 0 aliphatic carbocycles. The molecule has 0 aliphatic heterocycles. The summed E-state index contributed by atoms with van der Waals surface area (Å²) < 4.78 is 26.6. The minimum absolute atomic E-state index is 0.109. The van der Waals surface area contributed by atoms with Crippen LogP contribution in [0.3, 0.4) is 0 Å². The van der Waals surface area contributed by atoms with Crippen LogP contribution in [0.4, 0.5) is 8.78 Å². The first-order valence-electron chi connectivity index (χ1n) is 6.69. The van der Waals surface area contributed by atoms with E-state index in [0.717, 1.165) is 11.6 Å². The van der Waals surface area contributed by atoms with E-state index in [1.165, 1.54) is 23.3 Å². The van der Waals surface area contributed by atoms with Gasteiger partial charge in [0.1, 0.15) is 11.6 Å². The maximum Gasteiger partial charge on any atom is 0.126 e. The van der Waals surface area contributed by atoms with Gasteiger partial charge in [0.05, 0.1) is 0 Å². The van der Waals surface area contributed by atoms with Crippen LogP contribution in [0.5, 0.6) is 0 Å². The van der Waals surface area contributed by atoms with Gasteiger partial charge in [-0.3, -0.25) is 0 Å². The monoisotopic (exact) mass is 275 g/mol. The van der Waals surface area contributed by atoms with Crippen LogP contribution < -0.4 is 5.32 Å². The third-order valence-electron chi connectivity index (χ3n) is 3.65. The van der Waals surface area contributed by atoms with Gasteiger partial charge >= 0.3 is 0 Å². The third-order valence-corrected chi connectivity index (χ3v) is 3.65. The van der Waals surface area contributed by atoms with Gasteiger partial charge in [0.15, 0.2) is 0 Å². The molecule has 3 heteroatoms. The summed E-state index contributed by atoms with van der Waals surface area (Å²) in [6.45, 7) is 4.13. The van der Waals surface area contributed by atoms with Gasteiger partial charge in [-0.1, -0.05) is 18.2 Å². The molecule has 2 aromatic carbocycles. The summed E-state index contributed by atoms with van der Waals surface area (Å²) in [6, 6.07) is 9.80. The highest BCUT2D eigenvalue weighted by atomic mass is 19.1. The summed E-state index contributed by atoms with van der Waals surface area (Å²) in [4.78, 5) is 0. The highest BCUT2D eigenvalue weighted by Crippen LogP contribution is 2.21. The molecule has 2 aromatic rings. The molecule has 106 valence electrons. The van der Waals surface area contributed by atoms with Crippen LogP contribution in [0.1, 0.15) is 28.3 Å². The van der Waals surface area contributed by atoms with Crippen LogP contribution in [0.2, 0.25) is 0 Å². The average Bonchev–Trinajstić information content (AvgIpc) is 2.38. The topological polar surface area (TPSA) is 12.0 Å². The van der Waals surface area contributed by atoms with E-state index in [0.29, 0.717) is 12.0 Å². The van der Waals surface area contributed by atoms with Crippen molar-refractivity contribution in [1.82, 2.24) is 5.32 Å². The zero-order valence-corrected chi connectivity index (χ0v) is 12.0. The van der Waals surface area contributed by atoms with Gasteiger partial charge in [-0.2, -0.15) is 0 Å². The van der Waals surface area contributed by atoms with Gasteiger partial charge in [-0.25, -0.2) is 8.78 Å². The van der Waals surface area contributed by atoms with E-state index < -0.39 is 11.6 Å². The molecule has 20 heavy (non-hydrogen) atoms. The number of aryl methyl sites for hydroxylation is 2. The molecule has 0 fully saturated rings. The highest BCUT2D eigenvalue weighted by Gasteiger charge is 2.13. The lowest BCUT2D eigenvalue weighted by Gasteiger charge is -2.17. The molecule has 1 atom stereocenters. The summed E-state index contributed by atoms with van der Waals surface area (Å²) in [5, 5.41) is 3.12. The van der Waals surface area contributed by atoms with E-state index in [-0.39, 0.29) is 6.04 Å². The van der Waals surface area contributed by atoms with Crippen LogP contribution in [-0.2, 0) is 6.42 Å². The molecule has 0 amide bonds. The summed E-state index contributed by atoms with van der Waals surface area (Å²) >= 11 is 0. The molecule has 0 heterocycles. The molecule has 0 aromatic heterocycles. The third kappa shape index (κ3) is 3.42. The van der Waals surface area contributed by atoms with E-state index >= 15 is 0 Å². The Morgan fingerprint density at radius 1 is 0.950 bits per heavy atom. The SMILES string of the molecule is CNC(Cc1ccc(C)c(C)c1)c1cc(F)cc(F)c1. The Morgan fingerprint density at radius 2 is 1.60 bits per heavy atom. The molecule has 0 spiro atoms. The predicted molar refractivity (Wildman–Crippen MR) is 77.8 cm³/mol. The molecule has 0 bridgehead atoms. The number of likely N-dealkylation sites (N-methyl/N-ethyl adjacent to an activating group) is 1. The van der Waals surface area contributed by atoms with Crippen molar-refractivity contribution in [3.05, 3.63) is 70.3 Å². The second-order valence-corrected chi connectivity index (χ2v) is 5.17. The minimum Gasteiger partial charge on any atom is -0.313 e. The molecule has 1 nitrogen and oxygen atoms in total. The van der Waals surface area contributed by atoms with E-state index in [9.17, 15) is 8.78 Å². The number of benzene rings is 2. The summed E-state index contributed by atoms with van der Waals surface area (Å²) in [7, 11) is 1.80. The Hall–Kier alpha value is -1.74. The van der Waals surface area contributed by atoms with Gasteiger partial charge in [-0.15, -0.1) is 0 Å². The molecule has 0 saturated heterocycles. The lowest BCUT2D eigenvalue weighted by Crippen LogP contribution is -2.19. The van der Waals surface area contributed by atoms with Gasteiger partial charge in [0.2, 0.25) is 0 Å². The Labute approximate surface area is 118 Å². The van der Waals surface area contributed by atoms with Crippen molar-refractivity contribution >= 4 is 0 Å². The molecular formula is C17H19F2N. The van der Waals surface area contributed by atoms with Crippen molar-refractivity contribution in [1.29, 1.82) is 0 Å². The van der Waals surface area contributed by atoms with Crippen LogP contribution in [0.25, 0.3) is 0 Å². The Bertz CT molecular complexity index is 588. The number of rotatable bonds is 4. The van der Waals surface area contributed by atoms with E-state index in [1.807, 2.05) is 0 Å². The van der Waals surface area contributed by atoms with Crippen molar-refractivity contribution in [3.63, 3.8) is 0 Å². The molecular weight excluding hydrogens is 256 g/mol. The van der Waals surface area contributed by atoms with Crippen molar-refractivity contribution in [2.75, 3.05) is 7.05 Å². The molecule has 0 radical (unpaired) electrons. The second kappa shape index (κ2) is 6.14. The van der Waals surface area contributed by atoms with Crippen LogP contribution in [-0.4, -0.2) is 7.05 Å². The Kier molecular flexibility index (Phi) is 4.50. The first-order chi connectivity index (χ1) is 9.49. The van der Waals surface area contributed by atoms with Crippen LogP contribution >= 0.6 is 0 Å². The zero-order chi connectivity index (χ0) is 14.7. The van der Waals surface area contributed by atoms with Gasteiger partial charge in [-0.05, 0) is 61.7 Å². The van der Waals surface area contributed by atoms with Gasteiger partial charge in [0, 0.05) is 12.1 Å². The van der Waals surface area contributed by atoms with E-state index in [1.54, 1.807) is 7.05 Å². The molecule has 1 N–H and O–H groups in total. The maximum absolute atomic E-state index is 13.3. The zero-order valence-electron chi connectivity index (χ0n) is 12.0. The molecule has 0 saturated carbocycles. The largest absolute Gasteiger partial charge is 0.313 e. The van der Waals surface area contributed by atoms with Crippen molar-refractivity contribution in [2.24, 2.45) is 0 Å². The number of hydrogen-bond acceptors (Lipinski definition) is 1. The molecule has 0 aliphatic rings. The number of hydrogen-bond donors (Lipinski definition) is 1. The van der Waals surface area contributed by atoms with E-state index in [2.05, 4.69) is 37.4 Å². The Balaban J connectivity index is 2.26. The quantitative estimate of drug-likeness (QED) is 0.886. The fourth-order valence-electron chi connectivity index (χ4n) is 2.33. The molecule has 1 unspecified atom stereocenters. The lowest BCUT2D eigenvalue weighted by molar-refractivity contribution is 0.551. The summed E-state index contributed by atoms with van der Waals surface area (Å²) in [6.07, 6.45) is 0.695. The van der Waals surface area contributed by atoms with Gasteiger partial charge < -0.3 is 5.32 Å². The minimum atomic E-state index is -0.541. The Morgan fingerprint density at radius 3 is 2.15 bits per heavy atom. The average molecular weight is 275 g/mol. The lowest BCUT2D eigenvalue weighted by atomic mass is 9.96. The van der Waals surface area contributed by atoms with Crippen LogP contribution in [0.15, 0.2) is 36.4 Å². The number of nitrogens with one attached hydrogen (secondary N) is 1. The van der Waals surface area contributed by atoms with E-state index in [4.69, 9.17) is 0 Å². The second-order valence-electron chi connectivity index (χ2n) is 5.17. The van der Waals surface area contributed by atoms with Crippen LogP contribution in [0, 0.1) is 25.5 Å². The van der Waals surface area contributed by atoms with Crippen molar-refractivity contribution < 1.29 is 8.78 Å². The fraction of sp³-hybridized carbons (Fsp3) is 0.294. The fourth-order valence-corrected chi connectivity index (χ4v) is 2.33. The smallest absolute Gasteiger partial charge is 0.126 e. The summed E-state index contributed by atoms with van der Waals surface area (Å²) in [5.74, 6) is -1.08. The van der Waals surface area contributed by atoms with Gasteiger partial charge in [0.25, 0.3) is 0 Å².